The van der Waals surface area contributed by atoms with Gasteiger partial charge in [-0.2, -0.15) is 0 Å². The first-order chi connectivity index (χ1) is 8.27. The summed E-state index contributed by atoms with van der Waals surface area (Å²) in [6.45, 7) is 4.63. The van der Waals surface area contributed by atoms with Crippen LogP contribution in [0, 0.1) is 0 Å². The fourth-order valence-corrected chi connectivity index (χ4v) is 2.21. The summed E-state index contributed by atoms with van der Waals surface area (Å²) in [7, 11) is 3.40. The van der Waals surface area contributed by atoms with Gasteiger partial charge in [0.15, 0.2) is 0 Å². The fraction of sp³-hybridized carbons (Fsp3) is 0.818. The number of aryl methyl sites for hydroxylation is 1. The predicted octanol–water partition coefficient (Wildman–Crippen LogP) is 1.41. The molecule has 1 N–H and O–H groups in total. The predicted molar refractivity (Wildman–Crippen MR) is 68.4 cm³/mol. The molecule has 6 heteroatoms. The number of hydrogen-bond acceptors (Lipinski definition) is 6. The van der Waals surface area contributed by atoms with Gasteiger partial charge in [-0.15, -0.1) is 10.2 Å². The summed E-state index contributed by atoms with van der Waals surface area (Å²) in [5.74, 6) is 0. The minimum Gasteiger partial charge on any atom is -0.383 e. The van der Waals surface area contributed by atoms with Crippen molar-refractivity contribution in [3.05, 3.63) is 10.0 Å². The molecule has 5 nitrogen and oxygen atoms in total. The smallest absolute Gasteiger partial charge is 0.146 e. The van der Waals surface area contributed by atoms with Crippen LogP contribution in [0.4, 0.5) is 0 Å². The molecule has 0 bridgehead atoms. The van der Waals surface area contributed by atoms with E-state index in [0.717, 1.165) is 42.6 Å². The van der Waals surface area contributed by atoms with Crippen molar-refractivity contribution in [2.24, 2.45) is 0 Å². The number of methoxy groups -OCH3 is 2. The van der Waals surface area contributed by atoms with Gasteiger partial charge in [-0.05, 0) is 19.9 Å². The van der Waals surface area contributed by atoms with Gasteiger partial charge >= 0.3 is 0 Å². The minimum absolute atomic E-state index is 0.0427. The summed E-state index contributed by atoms with van der Waals surface area (Å²) in [6.07, 6.45) is 2.08. The van der Waals surface area contributed by atoms with Crippen molar-refractivity contribution < 1.29 is 9.47 Å². The molecule has 1 heterocycles. The van der Waals surface area contributed by atoms with Crippen LogP contribution in [0.5, 0.6) is 0 Å². The Bertz CT molecular complexity index is 307. The topological polar surface area (TPSA) is 56.3 Å². The Balaban J connectivity index is 2.16. The van der Waals surface area contributed by atoms with Crippen LogP contribution >= 0.6 is 11.3 Å². The van der Waals surface area contributed by atoms with Crippen molar-refractivity contribution in [3.63, 3.8) is 0 Å². The Morgan fingerprint density at radius 2 is 2.12 bits per heavy atom. The van der Waals surface area contributed by atoms with Crippen LogP contribution < -0.4 is 5.32 Å². The van der Waals surface area contributed by atoms with Gasteiger partial charge in [0.2, 0.25) is 0 Å². The van der Waals surface area contributed by atoms with Gasteiger partial charge in [0.1, 0.15) is 16.1 Å². The van der Waals surface area contributed by atoms with Crippen molar-refractivity contribution in [1.29, 1.82) is 0 Å². The average molecular weight is 259 g/mol. The molecule has 0 saturated heterocycles. The Morgan fingerprint density at radius 1 is 1.29 bits per heavy atom. The number of nitrogens with one attached hydrogen (secondary N) is 1. The van der Waals surface area contributed by atoms with E-state index >= 15 is 0 Å². The Kier molecular flexibility index (Phi) is 7.27. The standard InChI is InChI=1S/C11H21N3O2S/c1-9(16-3)11-14-13-10(17-11)5-4-6-12-7-8-15-2/h9,12H,4-8H2,1-3H3. The van der Waals surface area contributed by atoms with E-state index in [1.54, 1.807) is 25.6 Å². The molecular weight excluding hydrogens is 238 g/mol. The number of rotatable bonds is 9. The first kappa shape index (κ1) is 14.5. The molecule has 0 saturated carbocycles. The van der Waals surface area contributed by atoms with Gasteiger partial charge in [-0.25, -0.2) is 0 Å². The summed E-state index contributed by atoms with van der Waals surface area (Å²) >= 11 is 1.63. The molecular formula is C11H21N3O2S. The number of aromatic nitrogens is 2. The van der Waals surface area contributed by atoms with Crippen molar-refractivity contribution in [3.8, 4) is 0 Å². The quantitative estimate of drug-likeness (QED) is 0.680. The number of nitrogens with zero attached hydrogens (tertiary/aromatic N) is 2. The molecule has 0 aliphatic rings. The Hall–Kier alpha value is -0.560. The molecule has 0 radical (unpaired) electrons. The summed E-state index contributed by atoms with van der Waals surface area (Å²) in [4.78, 5) is 0. The first-order valence-electron chi connectivity index (χ1n) is 5.82. The largest absolute Gasteiger partial charge is 0.383 e. The van der Waals surface area contributed by atoms with E-state index in [-0.39, 0.29) is 6.10 Å². The Labute approximate surface area is 107 Å². The van der Waals surface area contributed by atoms with E-state index in [1.165, 1.54) is 0 Å². The minimum atomic E-state index is 0.0427. The average Bonchev–Trinajstić information content (AvgIpc) is 2.81. The van der Waals surface area contributed by atoms with E-state index in [4.69, 9.17) is 9.47 Å². The third kappa shape index (κ3) is 5.54. The zero-order chi connectivity index (χ0) is 12.5. The first-order valence-corrected chi connectivity index (χ1v) is 6.64. The monoisotopic (exact) mass is 259 g/mol. The van der Waals surface area contributed by atoms with Crippen LogP contribution in [0.15, 0.2) is 0 Å². The maximum Gasteiger partial charge on any atom is 0.146 e. The molecule has 1 rings (SSSR count). The molecule has 17 heavy (non-hydrogen) atoms. The van der Waals surface area contributed by atoms with Crippen LogP contribution in [-0.2, 0) is 15.9 Å². The third-order valence-corrected chi connectivity index (χ3v) is 3.56. The maximum atomic E-state index is 5.20. The van der Waals surface area contributed by atoms with Gasteiger partial charge in [0, 0.05) is 27.2 Å². The molecule has 1 atom stereocenters. The third-order valence-electron chi connectivity index (χ3n) is 2.41. The number of hydrogen-bond donors (Lipinski definition) is 1. The van der Waals surface area contributed by atoms with E-state index in [2.05, 4.69) is 15.5 Å². The highest BCUT2D eigenvalue weighted by Gasteiger charge is 2.10. The molecule has 0 spiro atoms. The lowest BCUT2D eigenvalue weighted by Crippen LogP contribution is -2.20. The number of ether oxygens (including phenoxy) is 2. The van der Waals surface area contributed by atoms with E-state index in [0.29, 0.717) is 0 Å². The maximum absolute atomic E-state index is 5.20. The van der Waals surface area contributed by atoms with Crippen molar-refractivity contribution in [2.75, 3.05) is 33.9 Å². The van der Waals surface area contributed by atoms with Crippen LogP contribution in [-0.4, -0.2) is 44.1 Å². The molecule has 1 aromatic rings. The SMILES string of the molecule is COCCNCCCc1nnc(C(C)OC)s1. The molecule has 0 amide bonds. The normalized spacial score (nSPS) is 12.9. The summed E-state index contributed by atoms with van der Waals surface area (Å²) in [6, 6.07) is 0. The lowest BCUT2D eigenvalue weighted by molar-refractivity contribution is 0.118. The molecule has 0 fully saturated rings. The van der Waals surface area contributed by atoms with Gasteiger partial charge in [0.05, 0.1) is 6.61 Å². The second-order valence-corrected chi connectivity index (χ2v) is 4.85. The Morgan fingerprint density at radius 3 is 2.82 bits per heavy atom. The van der Waals surface area contributed by atoms with Crippen molar-refractivity contribution in [1.82, 2.24) is 15.5 Å². The highest BCUT2D eigenvalue weighted by Crippen LogP contribution is 2.20. The van der Waals surface area contributed by atoms with Crippen molar-refractivity contribution >= 4 is 11.3 Å². The van der Waals surface area contributed by atoms with Crippen LogP contribution in [0.3, 0.4) is 0 Å². The van der Waals surface area contributed by atoms with Gasteiger partial charge in [-0.1, -0.05) is 11.3 Å². The molecule has 98 valence electrons. The second kappa shape index (κ2) is 8.52. The second-order valence-electron chi connectivity index (χ2n) is 3.76. The summed E-state index contributed by atoms with van der Waals surface area (Å²) in [5, 5.41) is 13.6. The highest BCUT2D eigenvalue weighted by molar-refractivity contribution is 7.11. The molecule has 0 aromatic carbocycles. The summed E-state index contributed by atoms with van der Waals surface area (Å²) < 4.78 is 10.2. The van der Waals surface area contributed by atoms with Gasteiger partial charge < -0.3 is 14.8 Å². The van der Waals surface area contributed by atoms with Gasteiger partial charge in [0.25, 0.3) is 0 Å². The van der Waals surface area contributed by atoms with Crippen LogP contribution in [0.25, 0.3) is 0 Å². The van der Waals surface area contributed by atoms with E-state index < -0.39 is 0 Å². The molecule has 1 unspecified atom stereocenters. The van der Waals surface area contributed by atoms with Gasteiger partial charge in [-0.3, -0.25) is 0 Å². The lowest BCUT2D eigenvalue weighted by atomic mass is 10.3. The zero-order valence-corrected chi connectivity index (χ0v) is 11.5. The lowest BCUT2D eigenvalue weighted by Gasteiger charge is -2.02. The highest BCUT2D eigenvalue weighted by atomic mass is 32.1. The van der Waals surface area contributed by atoms with Crippen LogP contribution in [0.2, 0.25) is 0 Å². The van der Waals surface area contributed by atoms with E-state index in [9.17, 15) is 0 Å². The molecule has 0 aliphatic heterocycles. The van der Waals surface area contributed by atoms with Crippen LogP contribution in [0.1, 0.15) is 29.5 Å². The fourth-order valence-electron chi connectivity index (χ4n) is 1.30. The molecule has 0 aliphatic carbocycles. The van der Waals surface area contributed by atoms with E-state index in [1.807, 2.05) is 6.92 Å². The zero-order valence-electron chi connectivity index (χ0n) is 10.7. The molecule has 1 aromatic heterocycles. The summed E-state index contributed by atoms with van der Waals surface area (Å²) in [5.41, 5.74) is 0. The van der Waals surface area contributed by atoms with Crippen molar-refractivity contribution in [2.45, 2.75) is 25.9 Å².